The Hall–Kier alpha value is -5.22. The van der Waals surface area contributed by atoms with E-state index in [0.29, 0.717) is 32.6 Å². The first-order valence-corrected chi connectivity index (χ1v) is 22.6. The molecule has 0 atom stereocenters. The molecule has 0 radical (unpaired) electrons. The zero-order chi connectivity index (χ0) is 42.6. The summed E-state index contributed by atoms with van der Waals surface area (Å²) in [6.07, 6.45) is 0. The van der Waals surface area contributed by atoms with Gasteiger partial charge >= 0.3 is 11.5 Å². The molecule has 0 saturated carbocycles. The Balaban J connectivity index is 0.992. The van der Waals surface area contributed by atoms with E-state index in [2.05, 4.69) is 19.8 Å². The van der Waals surface area contributed by atoms with Crippen LogP contribution in [0.15, 0.2) is 136 Å². The molecule has 0 spiro atoms. The smallest absolute Gasteiger partial charge is 0.478 e. The van der Waals surface area contributed by atoms with Crippen molar-refractivity contribution in [2.24, 2.45) is 7.05 Å². The second-order valence-corrected chi connectivity index (χ2v) is 18.4. The number of thioether (sulfide) groups is 1. The van der Waals surface area contributed by atoms with E-state index in [0.717, 1.165) is 77.3 Å². The van der Waals surface area contributed by atoms with Crippen molar-refractivity contribution in [2.75, 3.05) is 58.3 Å². The van der Waals surface area contributed by atoms with Gasteiger partial charge in [0.25, 0.3) is 9.84 Å². The van der Waals surface area contributed by atoms with Gasteiger partial charge in [-0.25, -0.2) is 13.2 Å². The van der Waals surface area contributed by atoms with Crippen molar-refractivity contribution in [1.82, 2.24) is 4.57 Å². The number of rotatable bonds is 14. The summed E-state index contributed by atoms with van der Waals surface area (Å²) in [6, 6.07) is 36.5. The Morgan fingerprint density at radius 1 is 0.800 bits per heavy atom. The number of alkyl halides is 3. The molecule has 0 unspecified atom stereocenters. The van der Waals surface area contributed by atoms with E-state index in [9.17, 15) is 31.5 Å². The number of carboxylic acid groups (broad SMARTS) is 1. The highest BCUT2D eigenvalue weighted by atomic mass is 35.5. The predicted molar refractivity (Wildman–Crippen MR) is 239 cm³/mol. The van der Waals surface area contributed by atoms with Gasteiger partial charge in [0.2, 0.25) is 0 Å². The third-order valence-electron chi connectivity index (χ3n) is 10.3. The van der Waals surface area contributed by atoms with Gasteiger partial charge in [0.05, 0.1) is 16.9 Å². The van der Waals surface area contributed by atoms with Crippen molar-refractivity contribution in [3.05, 3.63) is 138 Å². The van der Waals surface area contributed by atoms with Crippen LogP contribution in [-0.2, 0) is 16.9 Å². The third kappa shape index (κ3) is 9.39. The fraction of sp³-hybridized carbons (Fsp3) is 0.205. The molecule has 1 aromatic heterocycles. The quantitative estimate of drug-likeness (QED) is 0.0556. The Morgan fingerprint density at radius 3 is 2.12 bits per heavy atom. The summed E-state index contributed by atoms with van der Waals surface area (Å²) in [7, 11) is -3.75. The van der Waals surface area contributed by atoms with Crippen LogP contribution in [-0.4, -0.2) is 68.0 Å². The minimum Gasteiger partial charge on any atom is -0.478 e. The molecular formula is C44H41ClF3N5O4S3. The Labute approximate surface area is 360 Å². The molecule has 1 fully saturated rings. The molecule has 312 valence electrons. The largest absolute Gasteiger partial charge is 0.501 e. The molecule has 0 amide bonds. The van der Waals surface area contributed by atoms with Crippen molar-refractivity contribution in [3.63, 3.8) is 0 Å². The summed E-state index contributed by atoms with van der Waals surface area (Å²) < 4.78 is 71.4. The second kappa shape index (κ2) is 18.2. The lowest BCUT2D eigenvalue weighted by Gasteiger charge is -2.37. The highest BCUT2D eigenvalue weighted by molar-refractivity contribution is 8.00. The van der Waals surface area contributed by atoms with Crippen LogP contribution in [0, 0.1) is 6.92 Å². The van der Waals surface area contributed by atoms with Crippen molar-refractivity contribution in [2.45, 2.75) is 27.1 Å². The van der Waals surface area contributed by atoms with Crippen LogP contribution in [0.3, 0.4) is 0 Å². The number of nitrogens with zero attached hydrogens (tertiary/aromatic N) is 3. The summed E-state index contributed by atoms with van der Waals surface area (Å²) in [4.78, 5) is 17.6. The van der Waals surface area contributed by atoms with Crippen molar-refractivity contribution < 1.29 is 31.5 Å². The molecule has 3 N–H and O–H groups in total. The topological polar surface area (TPSA) is 107 Å². The van der Waals surface area contributed by atoms with Gasteiger partial charge in [-0.3, -0.25) is 0 Å². The van der Waals surface area contributed by atoms with E-state index in [4.69, 9.17) is 11.6 Å². The molecular weight excluding hydrogens is 851 g/mol. The fourth-order valence-corrected chi connectivity index (χ4v) is 9.80. The molecule has 5 aromatic carbocycles. The number of aromatic carboxylic acids is 1. The van der Waals surface area contributed by atoms with Crippen molar-refractivity contribution in [1.29, 1.82) is 0 Å². The molecule has 6 aromatic rings. The maximum Gasteiger partial charge on any atom is 0.501 e. The summed E-state index contributed by atoms with van der Waals surface area (Å²) in [5.41, 5.74) is 1.15. The van der Waals surface area contributed by atoms with E-state index in [-0.39, 0.29) is 17.8 Å². The average Bonchev–Trinajstić information content (AvgIpc) is 3.52. The predicted octanol–water partition coefficient (Wildman–Crippen LogP) is 11.0. The molecule has 60 heavy (non-hydrogen) atoms. The number of nitrogens with one attached hydrogen (secondary N) is 2. The summed E-state index contributed by atoms with van der Waals surface area (Å²) in [5, 5.41) is 13.8. The first-order chi connectivity index (χ1) is 28.7. The zero-order valence-corrected chi connectivity index (χ0v) is 35.7. The lowest BCUT2D eigenvalue weighted by molar-refractivity contribution is -0.0435. The van der Waals surface area contributed by atoms with Gasteiger partial charge < -0.3 is 29.5 Å². The van der Waals surface area contributed by atoms with E-state index in [1.807, 2.05) is 110 Å². The number of carbonyl (C=O) groups is 1. The van der Waals surface area contributed by atoms with Gasteiger partial charge in [0.15, 0.2) is 0 Å². The van der Waals surface area contributed by atoms with Crippen LogP contribution in [0.25, 0.3) is 22.4 Å². The lowest BCUT2D eigenvalue weighted by Crippen LogP contribution is -2.46. The first-order valence-electron chi connectivity index (χ1n) is 18.9. The average molecular weight is 892 g/mol. The number of hydrogen-bond donors (Lipinski definition) is 3. The van der Waals surface area contributed by atoms with Crippen LogP contribution < -0.4 is 19.8 Å². The van der Waals surface area contributed by atoms with Gasteiger partial charge in [-0.1, -0.05) is 54.1 Å². The van der Waals surface area contributed by atoms with Gasteiger partial charge in [-0.15, -0.1) is 11.8 Å². The highest BCUT2D eigenvalue weighted by Crippen LogP contribution is 2.41. The summed E-state index contributed by atoms with van der Waals surface area (Å²) >= 11 is 8.70. The Morgan fingerprint density at radius 2 is 1.47 bits per heavy atom. The van der Waals surface area contributed by atoms with Crippen molar-refractivity contribution in [3.8, 4) is 22.4 Å². The lowest BCUT2D eigenvalue weighted by atomic mass is 9.96. The second-order valence-electron chi connectivity index (χ2n) is 14.0. The number of aromatic nitrogens is 1. The van der Waals surface area contributed by atoms with Crippen LogP contribution in [0.5, 0.6) is 0 Å². The maximum absolute atomic E-state index is 13.7. The number of carboxylic acids is 1. The van der Waals surface area contributed by atoms with Crippen LogP contribution in [0.1, 0.15) is 16.1 Å². The van der Waals surface area contributed by atoms with Gasteiger partial charge in [0.1, 0.15) is 4.90 Å². The van der Waals surface area contributed by atoms with Crippen LogP contribution in [0.4, 0.5) is 35.9 Å². The third-order valence-corrected chi connectivity index (χ3v) is 13.9. The van der Waals surface area contributed by atoms with E-state index in [1.54, 1.807) is 18.2 Å². The minimum atomic E-state index is -5.62. The normalized spacial score (nSPS) is 13.4. The maximum atomic E-state index is 13.7. The number of sulfone groups is 1. The SMILES string of the molecule is Cc1c(C(=O)O)c(-c2cccc(N3CCN(c4ccc(NSc5ccc(NCCSc6ccccc6)c(S(=O)(=O)C(F)(F)F)c5)cc4)CC3)c2)c(-c2ccc(Cl)cc2)n1C. The molecule has 1 saturated heterocycles. The van der Waals surface area contributed by atoms with Crippen molar-refractivity contribution >= 4 is 73.9 Å². The van der Waals surface area contributed by atoms with E-state index < -0.39 is 26.2 Å². The molecule has 9 nitrogen and oxygen atoms in total. The molecule has 1 aliphatic heterocycles. The zero-order valence-electron chi connectivity index (χ0n) is 32.5. The molecule has 7 rings (SSSR count). The van der Waals surface area contributed by atoms with Gasteiger partial charge in [-0.05, 0) is 109 Å². The Kier molecular flexibility index (Phi) is 13.0. The standard InChI is InChI=1S/C44H41ClF3N5O4S3/c1-29-40(43(54)55)41(42(51(29)2)30-11-13-32(45)14-12-30)31-7-6-8-35(27-31)53-24-22-52(23-25-53)34-17-15-33(16-18-34)50-59-37-19-20-38(39(28-37)60(56,57)44(46,47)48)49-21-26-58-36-9-4-3-5-10-36/h3-20,27-28,49-50H,21-26H2,1-2H3,(H,54,55). The summed E-state index contributed by atoms with van der Waals surface area (Å²) in [6.45, 7) is 4.98. The fourth-order valence-electron chi connectivity index (χ4n) is 7.16. The number of halogens is 4. The summed E-state index contributed by atoms with van der Waals surface area (Å²) in [5.74, 6) is -0.472. The van der Waals surface area contributed by atoms with Crippen LogP contribution in [0.2, 0.25) is 5.02 Å². The molecule has 0 aliphatic carbocycles. The number of piperazine rings is 1. The monoisotopic (exact) mass is 891 g/mol. The van der Waals surface area contributed by atoms with Gasteiger partial charge in [-0.2, -0.15) is 13.2 Å². The Bertz CT molecular complexity index is 2580. The minimum absolute atomic E-state index is 0.107. The van der Waals surface area contributed by atoms with E-state index in [1.165, 1.54) is 17.8 Å². The number of anilines is 4. The highest BCUT2D eigenvalue weighted by Gasteiger charge is 2.48. The molecule has 16 heteroatoms. The number of benzene rings is 5. The molecule has 0 bridgehead atoms. The molecule has 1 aliphatic rings. The number of hydrogen-bond acceptors (Lipinski definition) is 9. The van der Waals surface area contributed by atoms with Crippen LogP contribution >= 0.6 is 35.3 Å². The van der Waals surface area contributed by atoms with E-state index >= 15 is 0 Å². The molecule has 2 heterocycles. The first kappa shape index (κ1) is 42.9. The van der Waals surface area contributed by atoms with Gasteiger partial charge in [0, 0.05) is 88.7 Å².